The van der Waals surface area contributed by atoms with Crippen molar-refractivity contribution in [2.24, 2.45) is 10.9 Å². The van der Waals surface area contributed by atoms with Crippen LogP contribution in [0.2, 0.25) is 0 Å². The fourth-order valence-corrected chi connectivity index (χ4v) is 3.95. The zero-order valence-electron chi connectivity index (χ0n) is 16.3. The first kappa shape index (κ1) is 21.9. The lowest BCUT2D eigenvalue weighted by Crippen LogP contribution is -2.47. The van der Waals surface area contributed by atoms with Crippen molar-refractivity contribution in [3.8, 4) is 0 Å². The molecule has 1 aromatic rings. The predicted octanol–water partition coefficient (Wildman–Crippen LogP) is 3.73. The highest BCUT2D eigenvalue weighted by molar-refractivity contribution is 7.09. The predicted molar refractivity (Wildman–Crippen MR) is 104 cm³/mol. The number of hydrogen-bond donors (Lipinski definition) is 2. The van der Waals surface area contributed by atoms with E-state index in [1.807, 2.05) is 6.92 Å². The van der Waals surface area contributed by atoms with Crippen LogP contribution in [0, 0.1) is 5.92 Å². The quantitative estimate of drug-likeness (QED) is 0.511. The van der Waals surface area contributed by atoms with Crippen LogP contribution in [0.3, 0.4) is 0 Å². The van der Waals surface area contributed by atoms with Gasteiger partial charge in [-0.15, -0.1) is 11.3 Å². The molecule has 1 fully saturated rings. The van der Waals surface area contributed by atoms with Gasteiger partial charge in [0.2, 0.25) is 0 Å². The van der Waals surface area contributed by atoms with Gasteiger partial charge in [0.25, 0.3) is 0 Å². The normalized spacial score (nSPS) is 17.5. The van der Waals surface area contributed by atoms with E-state index in [-0.39, 0.29) is 6.54 Å². The van der Waals surface area contributed by atoms with E-state index in [4.69, 9.17) is 0 Å². The van der Waals surface area contributed by atoms with Gasteiger partial charge in [0, 0.05) is 24.5 Å². The average molecular weight is 406 g/mol. The molecule has 0 amide bonds. The molecule has 0 spiro atoms. The Hall–Kier alpha value is -1.35. The summed E-state index contributed by atoms with van der Waals surface area (Å²) in [4.78, 5) is 10.6. The second kappa shape index (κ2) is 10.3. The molecule has 1 aromatic heterocycles. The van der Waals surface area contributed by atoms with Crippen LogP contribution in [0.4, 0.5) is 13.2 Å². The first-order chi connectivity index (χ1) is 12.8. The van der Waals surface area contributed by atoms with Crippen LogP contribution in [0.5, 0.6) is 0 Å². The van der Waals surface area contributed by atoms with Crippen molar-refractivity contribution in [3.05, 3.63) is 16.1 Å². The maximum absolute atomic E-state index is 12.7. The molecule has 0 aromatic carbocycles. The van der Waals surface area contributed by atoms with Gasteiger partial charge in [-0.05, 0) is 45.2 Å². The van der Waals surface area contributed by atoms with Crippen molar-refractivity contribution >= 4 is 17.3 Å². The van der Waals surface area contributed by atoms with E-state index in [2.05, 4.69) is 39.4 Å². The second-order valence-corrected chi connectivity index (χ2v) is 8.17. The van der Waals surface area contributed by atoms with Crippen LogP contribution in [-0.4, -0.2) is 48.1 Å². The molecule has 154 valence electrons. The molecule has 1 atom stereocenters. The van der Waals surface area contributed by atoms with Gasteiger partial charge in [-0.3, -0.25) is 4.90 Å². The molecule has 0 aliphatic carbocycles. The van der Waals surface area contributed by atoms with E-state index in [0.29, 0.717) is 29.5 Å². The Balaban J connectivity index is 1.96. The Bertz CT molecular complexity index is 594. The number of halogens is 3. The fourth-order valence-electron chi connectivity index (χ4n) is 3.23. The molecule has 9 heteroatoms. The number of thiazole rings is 1. The van der Waals surface area contributed by atoms with Gasteiger partial charge in [0.1, 0.15) is 5.01 Å². The summed E-state index contributed by atoms with van der Waals surface area (Å²) in [5, 5.41) is 7.92. The monoisotopic (exact) mass is 405 g/mol. The van der Waals surface area contributed by atoms with E-state index in [0.717, 1.165) is 42.8 Å². The number of rotatable bonds is 8. The Morgan fingerprint density at radius 1 is 1.30 bits per heavy atom. The lowest BCUT2D eigenvalue weighted by molar-refractivity contribution is -0.140. The van der Waals surface area contributed by atoms with E-state index in [1.165, 1.54) is 12.8 Å². The van der Waals surface area contributed by atoms with Gasteiger partial charge in [0.15, 0.2) is 11.7 Å². The average Bonchev–Trinajstić information content (AvgIpc) is 3.26. The molecule has 1 aliphatic rings. The van der Waals surface area contributed by atoms with E-state index in [9.17, 15) is 13.2 Å². The zero-order valence-corrected chi connectivity index (χ0v) is 17.1. The van der Waals surface area contributed by atoms with Crippen LogP contribution >= 0.6 is 11.3 Å². The summed E-state index contributed by atoms with van der Waals surface area (Å²) in [6.07, 6.45) is -0.808. The van der Waals surface area contributed by atoms with Gasteiger partial charge < -0.3 is 10.6 Å². The summed E-state index contributed by atoms with van der Waals surface area (Å²) in [5.41, 5.74) is -0.846. The van der Waals surface area contributed by atoms with Gasteiger partial charge in [-0.1, -0.05) is 13.8 Å². The summed E-state index contributed by atoms with van der Waals surface area (Å²) >= 11 is 0.988. The maximum Gasteiger partial charge on any atom is 0.434 e. The number of nitrogens with one attached hydrogen (secondary N) is 2. The molecule has 2 heterocycles. The first-order valence-corrected chi connectivity index (χ1v) is 10.5. The lowest BCUT2D eigenvalue weighted by atomic mass is 10.0. The van der Waals surface area contributed by atoms with E-state index in [1.54, 1.807) is 0 Å². The van der Waals surface area contributed by atoms with Crippen molar-refractivity contribution in [2.45, 2.75) is 58.8 Å². The minimum Gasteiger partial charge on any atom is -0.357 e. The largest absolute Gasteiger partial charge is 0.434 e. The Morgan fingerprint density at radius 3 is 2.56 bits per heavy atom. The third-order valence-electron chi connectivity index (χ3n) is 4.46. The third kappa shape index (κ3) is 7.29. The molecule has 2 rings (SSSR count). The molecule has 1 unspecified atom stereocenters. The summed E-state index contributed by atoms with van der Waals surface area (Å²) in [5.74, 6) is 1.22. The molecule has 2 N–H and O–H groups in total. The molecule has 0 radical (unpaired) electrons. The number of guanidine groups is 1. The molecule has 5 nitrogen and oxygen atoms in total. The minimum absolute atomic E-state index is 0.134. The summed E-state index contributed by atoms with van der Waals surface area (Å²) < 4.78 is 38.0. The van der Waals surface area contributed by atoms with Crippen molar-refractivity contribution < 1.29 is 13.2 Å². The molecule has 0 saturated carbocycles. The van der Waals surface area contributed by atoms with Gasteiger partial charge in [-0.25, -0.2) is 9.98 Å². The molecular weight excluding hydrogens is 375 g/mol. The van der Waals surface area contributed by atoms with Crippen LogP contribution in [0.25, 0.3) is 0 Å². The van der Waals surface area contributed by atoms with Gasteiger partial charge >= 0.3 is 6.18 Å². The number of hydrogen-bond acceptors (Lipinski definition) is 4. The highest BCUT2D eigenvalue weighted by Gasteiger charge is 2.33. The molecule has 0 bridgehead atoms. The zero-order chi connectivity index (χ0) is 19.9. The Kier molecular flexibility index (Phi) is 8.34. The van der Waals surface area contributed by atoms with Crippen LogP contribution in [-0.2, 0) is 12.7 Å². The standard InChI is InChI=1S/C18H30F3N5S/c1-4-22-17(24-11-16-25-15(12-27-16)18(19,20)21)23-10-14(9-13(2)3)26-7-5-6-8-26/h12-14H,4-11H2,1-3H3,(H2,22,23,24). The number of aromatic nitrogens is 1. The Labute approximate surface area is 163 Å². The minimum atomic E-state index is -4.40. The molecule has 1 aliphatic heterocycles. The second-order valence-electron chi connectivity index (χ2n) is 7.23. The van der Waals surface area contributed by atoms with Crippen molar-refractivity contribution in [1.82, 2.24) is 20.5 Å². The Morgan fingerprint density at radius 2 is 2.00 bits per heavy atom. The summed E-state index contributed by atoms with van der Waals surface area (Å²) in [6.45, 7) is 10.3. The van der Waals surface area contributed by atoms with Crippen molar-refractivity contribution in [3.63, 3.8) is 0 Å². The summed E-state index contributed by atoms with van der Waals surface area (Å²) in [6, 6.07) is 0.438. The third-order valence-corrected chi connectivity index (χ3v) is 5.30. The smallest absolute Gasteiger partial charge is 0.357 e. The van der Waals surface area contributed by atoms with Crippen molar-refractivity contribution in [1.29, 1.82) is 0 Å². The number of likely N-dealkylation sites (tertiary alicyclic amines) is 1. The van der Waals surface area contributed by atoms with Crippen molar-refractivity contribution in [2.75, 3.05) is 26.2 Å². The van der Waals surface area contributed by atoms with E-state index < -0.39 is 11.9 Å². The van der Waals surface area contributed by atoms with Crippen LogP contribution in [0.15, 0.2) is 10.4 Å². The lowest BCUT2D eigenvalue weighted by Gasteiger charge is -2.29. The first-order valence-electron chi connectivity index (χ1n) is 9.57. The fraction of sp³-hybridized carbons (Fsp3) is 0.778. The molecule has 27 heavy (non-hydrogen) atoms. The highest BCUT2D eigenvalue weighted by Crippen LogP contribution is 2.30. The molecule has 1 saturated heterocycles. The molecular formula is C18H30F3N5S. The van der Waals surface area contributed by atoms with E-state index >= 15 is 0 Å². The van der Waals surface area contributed by atoms with Crippen LogP contribution < -0.4 is 10.6 Å². The summed E-state index contributed by atoms with van der Waals surface area (Å²) in [7, 11) is 0. The van der Waals surface area contributed by atoms with Gasteiger partial charge in [0.05, 0.1) is 6.54 Å². The van der Waals surface area contributed by atoms with Crippen LogP contribution in [0.1, 0.15) is 50.7 Å². The number of nitrogens with zero attached hydrogens (tertiary/aromatic N) is 3. The highest BCUT2D eigenvalue weighted by atomic mass is 32.1. The maximum atomic E-state index is 12.7. The SMILES string of the molecule is CCNC(=NCc1nc(C(F)(F)F)cs1)NCC(CC(C)C)N1CCCC1. The number of alkyl halides is 3. The number of aliphatic imine (C=N–C) groups is 1. The topological polar surface area (TPSA) is 52.6 Å². The van der Waals surface area contributed by atoms with Gasteiger partial charge in [-0.2, -0.15) is 13.2 Å².